The number of thiol groups is 1. The summed E-state index contributed by atoms with van der Waals surface area (Å²) in [5.41, 5.74) is 12.8. The Morgan fingerprint density at radius 1 is 0.889 bits per heavy atom. The molecule has 3 amide bonds. The van der Waals surface area contributed by atoms with E-state index in [1.54, 1.807) is 6.20 Å². The molecule has 10 N–H and O–H groups in total. The predicted octanol–water partition coefficient (Wildman–Crippen LogP) is -2.16. The number of carbonyl (C=O) groups excluding carboxylic acids is 3. The van der Waals surface area contributed by atoms with E-state index in [2.05, 4.69) is 48.5 Å². The summed E-state index contributed by atoms with van der Waals surface area (Å²) in [5.74, 6) is -3.27. The number of hydrogen-bond acceptors (Lipinski definition) is 9. The number of rotatable bonds is 16. The fourth-order valence-corrected chi connectivity index (χ4v) is 3.57. The molecule has 2 heterocycles. The van der Waals surface area contributed by atoms with Crippen molar-refractivity contribution in [1.29, 1.82) is 0 Å². The van der Waals surface area contributed by atoms with Gasteiger partial charge in [-0.25, -0.2) is 14.8 Å². The van der Waals surface area contributed by atoms with Crippen LogP contribution in [0.15, 0.2) is 25.0 Å². The number of carboxylic acids is 1. The van der Waals surface area contributed by atoms with Crippen molar-refractivity contribution in [2.75, 3.05) is 12.3 Å². The molecular weight excluding hydrogens is 490 g/mol. The van der Waals surface area contributed by atoms with E-state index < -0.39 is 47.9 Å². The largest absolute Gasteiger partial charge is 0.480 e. The number of carboxylic acid groups (broad SMARTS) is 1. The highest BCUT2D eigenvalue weighted by molar-refractivity contribution is 7.80. The number of aromatic amines is 2. The van der Waals surface area contributed by atoms with Crippen molar-refractivity contribution in [1.82, 2.24) is 35.9 Å². The lowest BCUT2D eigenvalue weighted by Crippen LogP contribution is -2.58. The number of amides is 3. The van der Waals surface area contributed by atoms with Crippen molar-refractivity contribution in [3.63, 3.8) is 0 Å². The zero-order chi connectivity index (χ0) is 26.5. The Kier molecular flexibility index (Phi) is 11.9. The van der Waals surface area contributed by atoms with E-state index in [1.165, 1.54) is 18.9 Å². The Morgan fingerprint density at radius 3 is 1.97 bits per heavy atom. The highest BCUT2D eigenvalue weighted by Gasteiger charge is 2.30. The standard InChI is InChI=1S/C21H33N9O5S/c22-4-2-1-3-15(19(32)30-17(9-36)21(34)35)28-20(33)16(6-13-8-25-11-27-13)29-18(31)14(23)5-12-7-24-10-26-12/h7-8,10-11,14-17,36H,1-6,9,22-23H2,(H,24,26)(H,25,27)(H,28,33)(H,29,31)(H,30,32)(H,34,35). The summed E-state index contributed by atoms with van der Waals surface area (Å²) in [5, 5.41) is 16.9. The molecule has 0 fully saturated rings. The van der Waals surface area contributed by atoms with Crippen LogP contribution in [0, 0.1) is 0 Å². The van der Waals surface area contributed by atoms with Crippen LogP contribution in [0.2, 0.25) is 0 Å². The molecule has 4 unspecified atom stereocenters. The van der Waals surface area contributed by atoms with Crippen LogP contribution in [0.5, 0.6) is 0 Å². The molecule has 0 bridgehead atoms. The topological polar surface area (TPSA) is 234 Å². The average Bonchev–Trinajstić information content (AvgIpc) is 3.55. The first-order valence-corrected chi connectivity index (χ1v) is 12.0. The normalized spacial score (nSPS) is 14.3. The van der Waals surface area contributed by atoms with Gasteiger partial charge in [-0.3, -0.25) is 14.4 Å². The number of hydrogen-bond donors (Lipinski definition) is 9. The van der Waals surface area contributed by atoms with E-state index in [0.29, 0.717) is 30.8 Å². The molecule has 0 spiro atoms. The van der Waals surface area contributed by atoms with Gasteiger partial charge in [0.05, 0.1) is 18.7 Å². The van der Waals surface area contributed by atoms with Crippen molar-refractivity contribution >= 4 is 36.3 Å². The maximum atomic E-state index is 13.2. The molecule has 2 aromatic heterocycles. The van der Waals surface area contributed by atoms with Crippen LogP contribution in [-0.4, -0.2) is 85.2 Å². The lowest BCUT2D eigenvalue weighted by Gasteiger charge is -2.25. The second kappa shape index (κ2) is 14.9. The third-order valence-corrected chi connectivity index (χ3v) is 5.69. The number of imidazole rings is 2. The smallest absolute Gasteiger partial charge is 0.327 e. The van der Waals surface area contributed by atoms with E-state index in [1.807, 2.05) is 0 Å². The lowest BCUT2D eigenvalue weighted by atomic mass is 10.1. The zero-order valence-electron chi connectivity index (χ0n) is 19.6. The Balaban J connectivity index is 2.14. The van der Waals surface area contributed by atoms with Crippen molar-refractivity contribution in [3.05, 3.63) is 36.4 Å². The Morgan fingerprint density at radius 2 is 1.44 bits per heavy atom. The van der Waals surface area contributed by atoms with Crippen molar-refractivity contribution in [2.24, 2.45) is 11.5 Å². The van der Waals surface area contributed by atoms with Gasteiger partial charge in [-0.1, -0.05) is 0 Å². The van der Waals surface area contributed by atoms with Gasteiger partial charge >= 0.3 is 5.97 Å². The molecule has 0 aliphatic heterocycles. The molecule has 0 aliphatic rings. The molecule has 0 radical (unpaired) electrons. The average molecular weight is 524 g/mol. The summed E-state index contributed by atoms with van der Waals surface area (Å²) in [7, 11) is 0. The minimum absolute atomic E-state index is 0.0554. The minimum atomic E-state index is -1.25. The monoisotopic (exact) mass is 523 g/mol. The van der Waals surface area contributed by atoms with Crippen LogP contribution in [0.25, 0.3) is 0 Å². The van der Waals surface area contributed by atoms with Gasteiger partial charge in [0.2, 0.25) is 17.7 Å². The van der Waals surface area contributed by atoms with Crippen molar-refractivity contribution in [3.8, 4) is 0 Å². The molecule has 0 saturated heterocycles. The molecule has 2 rings (SSSR count). The third kappa shape index (κ3) is 9.31. The second-order valence-electron chi connectivity index (χ2n) is 8.16. The van der Waals surface area contributed by atoms with Crippen molar-refractivity contribution in [2.45, 2.75) is 56.3 Å². The second-order valence-corrected chi connectivity index (χ2v) is 8.52. The third-order valence-electron chi connectivity index (χ3n) is 5.32. The molecule has 2 aromatic rings. The van der Waals surface area contributed by atoms with Gasteiger partial charge in [0.15, 0.2) is 0 Å². The van der Waals surface area contributed by atoms with Gasteiger partial charge in [-0.05, 0) is 25.8 Å². The summed E-state index contributed by atoms with van der Waals surface area (Å²) in [4.78, 5) is 63.6. The Hall–Kier alpha value is -3.43. The number of aliphatic carboxylic acids is 1. The van der Waals surface area contributed by atoms with Crippen LogP contribution < -0.4 is 27.4 Å². The summed E-state index contributed by atoms with van der Waals surface area (Å²) in [6.45, 7) is 0.392. The maximum absolute atomic E-state index is 13.2. The number of carbonyl (C=O) groups is 4. The fraction of sp³-hybridized carbons (Fsp3) is 0.524. The fourth-order valence-electron chi connectivity index (χ4n) is 3.32. The molecule has 198 valence electrons. The highest BCUT2D eigenvalue weighted by atomic mass is 32.1. The van der Waals surface area contributed by atoms with Crippen LogP contribution in [0.4, 0.5) is 0 Å². The number of H-pyrrole nitrogens is 2. The molecule has 0 aliphatic carbocycles. The molecule has 0 aromatic carbocycles. The number of nitrogens with one attached hydrogen (secondary N) is 5. The Bertz CT molecular complexity index is 971. The van der Waals surface area contributed by atoms with E-state index in [4.69, 9.17) is 11.5 Å². The molecule has 4 atom stereocenters. The summed E-state index contributed by atoms with van der Waals surface area (Å²) in [6, 6.07) is -4.32. The van der Waals surface area contributed by atoms with Gasteiger partial charge in [0.1, 0.15) is 18.1 Å². The van der Waals surface area contributed by atoms with Crippen LogP contribution >= 0.6 is 12.6 Å². The van der Waals surface area contributed by atoms with Crippen molar-refractivity contribution < 1.29 is 24.3 Å². The van der Waals surface area contributed by atoms with E-state index in [9.17, 15) is 24.3 Å². The van der Waals surface area contributed by atoms with Gasteiger partial charge in [0.25, 0.3) is 0 Å². The van der Waals surface area contributed by atoms with Crippen LogP contribution in [-0.2, 0) is 32.0 Å². The van der Waals surface area contributed by atoms with E-state index in [-0.39, 0.29) is 25.0 Å². The van der Waals surface area contributed by atoms with Gasteiger partial charge < -0.3 is 42.5 Å². The molecule has 0 saturated carbocycles. The SMILES string of the molecule is NCCCCC(NC(=O)C(Cc1cnc[nH]1)NC(=O)C(N)Cc1cnc[nH]1)C(=O)NC(CS)C(=O)O. The summed E-state index contributed by atoms with van der Waals surface area (Å²) in [6.07, 6.45) is 7.52. The highest BCUT2D eigenvalue weighted by Crippen LogP contribution is 2.06. The van der Waals surface area contributed by atoms with Gasteiger partial charge in [0, 0.05) is 42.4 Å². The van der Waals surface area contributed by atoms with Gasteiger partial charge in [-0.15, -0.1) is 0 Å². The predicted molar refractivity (Wildman–Crippen MR) is 133 cm³/mol. The Labute approximate surface area is 213 Å². The first-order valence-electron chi connectivity index (χ1n) is 11.4. The summed E-state index contributed by atoms with van der Waals surface area (Å²) < 4.78 is 0. The number of nitrogens with zero attached hydrogens (tertiary/aromatic N) is 2. The van der Waals surface area contributed by atoms with E-state index >= 15 is 0 Å². The zero-order valence-corrected chi connectivity index (χ0v) is 20.5. The quantitative estimate of drug-likeness (QED) is 0.0859. The number of aromatic nitrogens is 4. The first-order chi connectivity index (χ1) is 17.2. The minimum Gasteiger partial charge on any atom is -0.480 e. The molecule has 15 heteroatoms. The maximum Gasteiger partial charge on any atom is 0.327 e. The molecule has 36 heavy (non-hydrogen) atoms. The first kappa shape index (κ1) is 28.8. The molecular formula is C21H33N9O5S. The van der Waals surface area contributed by atoms with Gasteiger partial charge in [-0.2, -0.15) is 12.6 Å². The number of nitrogens with two attached hydrogens (primary N) is 2. The van der Waals surface area contributed by atoms with Crippen LogP contribution in [0.1, 0.15) is 30.7 Å². The lowest BCUT2D eigenvalue weighted by molar-refractivity contribution is -0.141. The van der Waals surface area contributed by atoms with Crippen LogP contribution in [0.3, 0.4) is 0 Å². The number of unbranched alkanes of at least 4 members (excludes halogenated alkanes) is 1. The van der Waals surface area contributed by atoms with E-state index in [0.717, 1.165) is 0 Å². The molecule has 14 nitrogen and oxygen atoms in total. The summed E-state index contributed by atoms with van der Waals surface area (Å²) >= 11 is 3.95.